The fourth-order valence-corrected chi connectivity index (χ4v) is 5.62. The van der Waals surface area contributed by atoms with Crippen molar-refractivity contribution < 1.29 is 89.2 Å². The van der Waals surface area contributed by atoms with Crippen LogP contribution < -0.4 is 40.8 Å². The maximum Gasteiger partial charge on any atom is 0.200 e. The van der Waals surface area contributed by atoms with Crippen molar-refractivity contribution in [3.05, 3.63) is 93.1 Å². The van der Waals surface area contributed by atoms with Crippen LogP contribution in [0.15, 0.2) is 0 Å². The highest BCUT2D eigenvalue weighted by Crippen LogP contribution is 2.36. The first-order valence-corrected chi connectivity index (χ1v) is 12.6. The lowest BCUT2D eigenvalue weighted by Gasteiger charge is -2.45. The van der Waals surface area contributed by atoms with Crippen LogP contribution in [0.5, 0.6) is 23.0 Å². The van der Waals surface area contributed by atoms with Gasteiger partial charge in [0, 0.05) is 0 Å². The Bertz CT molecular complexity index is 1650. The van der Waals surface area contributed by atoms with Crippen molar-refractivity contribution >= 4 is 28.0 Å². The molecule has 0 bridgehead atoms. The van der Waals surface area contributed by atoms with Crippen molar-refractivity contribution in [1.82, 2.24) is 0 Å². The van der Waals surface area contributed by atoms with Crippen LogP contribution in [-0.2, 0) is 0 Å². The molecule has 4 rings (SSSR count). The minimum absolute atomic E-state index is 0.327. The van der Waals surface area contributed by atoms with Gasteiger partial charge in [0.2, 0.25) is 46.5 Å². The van der Waals surface area contributed by atoms with Crippen molar-refractivity contribution in [3.8, 4) is 23.0 Å². The highest BCUT2D eigenvalue weighted by molar-refractivity contribution is 7.20. The molecule has 0 unspecified atom stereocenters. The maximum absolute atomic E-state index is 16.1. The average Bonchev–Trinajstić information content (AvgIpc) is 3.06. The summed E-state index contributed by atoms with van der Waals surface area (Å²) in [5, 5.41) is 0. The van der Waals surface area contributed by atoms with Crippen LogP contribution in [0.1, 0.15) is 0 Å². The number of methoxy groups -OCH3 is 4. The summed E-state index contributed by atoms with van der Waals surface area (Å²) in [6, 6.07) is 0. The predicted octanol–water partition coefficient (Wildman–Crippen LogP) is 5.32. The molecule has 0 aliphatic rings. The topological polar surface area (TPSA) is 36.9 Å². The van der Waals surface area contributed by atoms with Crippen LogP contribution in [0, 0.1) is 93.1 Å². The van der Waals surface area contributed by atoms with Crippen molar-refractivity contribution in [2.24, 2.45) is 0 Å². The van der Waals surface area contributed by atoms with E-state index in [2.05, 4.69) is 18.9 Å². The SMILES string of the molecule is COc1c(F)c(F)c([B-](c2c(F)c(F)c(OC)c(F)c2F)(c2c(F)c(F)c(OC)c(F)c2F)c2c(F)c(F)c(OC)c(F)c2F)c(F)c1F. The summed E-state index contributed by atoms with van der Waals surface area (Å²) in [6.45, 7) is 0. The molecular formula is C28H12BF16O4-. The zero-order valence-electron chi connectivity index (χ0n) is 24.3. The van der Waals surface area contributed by atoms with E-state index < -0.39 is 144 Å². The van der Waals surface area contributed by atoms with E-state index in [1.807, 2.05) is 0 Å². The summed E-state index contributed by atoms with van der Waals surface area (Å²) in [7, 11) is 1.31. The normalized spacial score (nSPS) is 11.7. The molecule has 0 radical (unpaired) electrons. The van der Waals surface area contributed by atoms with E-state index in [9.17, 15) is 0 Å². The lowest BCUT2D eigenvalue weighted by molar-refractivity contribution is 0.332. The number of hydrogen-bond acceptors (Lipinski definition) is 4. The Kier molecular flexibility index (Phi) is 9.63. The molecule has 0 aliphatic heterocycles. The van der Waals surface area contributed by atoms with Gasteiger partial charge in [-0.15, -0.1) is 21.9 Å². The van der Waals surface area contributed by atoms with E-state index in [1.54, 1.807) is 0 Å². The molecule has 0 fully saturated rings. The lowest BCUT2D eigenvalue weighted by Crippen LogP contribution is -2.81. The van der Waals surface area contributed by atoms with E-state index in [1.165, 1.54) is 0 Å². The summed E-state index contributed by atoms with van der Waals surface area (Å²) >= 11 is 0. The molecule has 0 N–H and O–H groups in total. The van der Waals surface area contributed by atoms with Gasteiger partial charge in [-0.05, 0) is 0 Å². The van der Waals surface area contributed by atoms with Gasteiger partial charge in [0.25, 0.3) is 0 Å². The second kappa shape index (κ2) is 12.8. The molecule has 0 heterocycles. The van der Waals surface area contributed by atoms with E-state index in [4.69, 9.17) is 0 Å². The monoisotopic (exact) mass is 727 g/mol. The molecule has 4 nitrogen and oxygen atoms in total. The van der Waals surface area contributed by atoms with Crippen LogP contribution in [0.2, 0.25) is 0 Å². The molecule has 264 valence electrons. The third kappa shape index (κ3) is 4.78. The van der Waals surface area contributed by atoms with Gasteiger partial charge in [-0.25, -0.2) is 35.1 Å². The minimum Gasteiger partial charge on any atom is -0.491 e. The first kappa shape index (κ1) is 36.9. The minimum atomic E-state index is -6.80. The Hall–Kier alpha value is -4.98. The molecule has 21 heteroatoms. The van der Waals surface area contributed by atoms with Gasteiger partial charge in [0.1, 0.15) is 52.7 Å². The average molecular weight is 727 g/mol. The zero-order valence-corrected chi connectivity index (χ0v) is 24.3. The van der Waals surface area contributed by atoms with Gasteiger partial charge in [-0.2, -0.15) is 35.1 Å². The lowest BCUT2D eigenvalue weighted by atomic mass is 9.12. The summed E-state index contributed by atoms with van der Waals surface area (Å²) in [4.78, 5) is 0. The van der Waals surface area contributed by atoms with E-state index in [-0.39, 0.29) is 0 Å². The molecule has 0 aromatic heterocycles. The van der Waals surface area contributed by atoms with Crippen LogP contribution in [0.3, 0.4) is 0 Å². The van der Waals surface area contributed by atoms with Gasteiger partial charge in [-0.3, -0.25) is 0 Å². The number of halogens is 16. The molecule has 49 heavy (non-hydrogen) atoms. The Balaban J connectivity index is 2.69. The smallest absolute Gasteiger partial charge is 0.200 e. The van der Waals surface area contributed by atoms with Crippen LogP contribution in [-0.4, -0.2) is 34.6 Å². The molecule has 0 saturated carbocycles. The molecule has 0 saturated heterocycles. The standard InChI is InChI=1S/C28H12BF16O4/c1-46-25-17(38)9(30)5(10(31)18(25)39)29(6-11(32)19(40)26(47-2)20(41)12(6)33,7-13(34)21(42)27(48-3)22(43)14(7)35)8-15(36)23(44)28(49-4)24(45)16(8)37/h1-4H3/q-1. The highest BCUT2D eigenvalue weighted by atomic mass is 19.2. The number of ether oxygens (including phenoxy) is 4. The van der Waals surface area contributed by atoms with E-state index >= 15 is 70.2 Å². The summed E-state index contributed by atoms with van der Waals surface area (Å²) in [5.41, 5.74) is -12.6. The summed E-state index contributed by atoms with van der Waals surface area (Å²) < 4.78 is 267. The van der Waals surface area contributed by atoms with E-state index in [0.717, 1.165) is 0 Å². The number of hydrogen-bond donors (Lipinski definition) is 0. The van der Waals surface area contributed by atoms with Crippen molar-refractivity contribution in [2.75, 3.05) is 28.4 Å². The third-order valence-electron chi connectivity index (χ3n) is 7.58. The molecule has 4 aromatic rings. The Morgan fingerprint density at radius 1 is 0.245 bits per heavy atom. The highest BCUT2D eigenvalue weighted by Gasteiger charge is 2.52. The fourth-order valence-electron chi connectivity index (χ4n) is 5.62. The first-order valence-electron chi connectivity index (χ1n) is 12.6. The molecule has 0 aliphatic carbocycles. The molecule has 0 spiro atoms. The fraction of sp³-hybridized carbons (Fsp3) is 0.143. The van der Waals surface area contributed by atoms with Gasteiger partial charge in [-0.1, -0.05) is 0 Å². The van der Waals surface area contributed by atoms with Crippen LogP contribution >= 0.6 is 0 Å². The number of rotatable bonds is 8. The van der Waals surface area contributed by atoms with E-state index in [0.29, 0.717) is 28.4 Å². The molecule has 0 amide bonds. The van der Waals surface area contributed by atoms with Crippen molar-refractivity contribution in [2.45, 2.75) is 0 Å². The maximum atomic E-state index is 16.1. The largest absolute Gasteiger partial charge is 0.491 e. The molecule has 4 aromatic carbocycles. The first-order chi connectivity index (χ1) is 22.9. The Morgan fingerprint density at radius 2 is 0.367 bits per heavy atom. The van der Waals surface area contributed by atoms with Gasteiger partial charge in [0.05, 0.1) is 28.4 Å². The second-order valence-corrected chi connectivity index (χ2v) is 9.68. The van der Waals surface area contributed by atoms with Crippen molar-refractivity contribution in [3.63, 3.8) is 0 Å². The van der Waals surface area contributed by atoms with Gasteiger partial charge >= 0.3 is 0 Å². The van der Waals surface area contributed by atoms with Gasteiger partial charge in [0.15, 0.2) is 23.0 Å². The zero-order chi connectivity index (χ0) is 37.2. The Labute approximate surface area is 262 Å². The number of benzene rings is 4. The summed E-state index contributed by atoms with van der Waals surface area (Å²) in [5.74, 6) is -57.7. The van der Waals surface area contributed by atoms with Gasteiger partial charge < -0.3 is 18.9 Å². The quantitative estimate of drug-likeness (QED) is 0.140. The second-order valence-electron chi connectivity index (χ2n) is 9.68. The van der Waals surface area contributed by atoms with Crippen LogP contribution in [0.4, 0.5) is 70.2 Å². The van der Waals surface area contributed by atoms with Crippen molar-refractivity contribution in [1.29, 1.82) is 0 Å². The summed E-state index contributed by atoms with van der Waals surface area (Å²) in [6.07, 6.45) is -6.80. The van der Waals surface area contributed by atoms with Crippen LogP contribution in [0.25, 0.3) is 0 Å². The Morgan fingerprint density at radius 3 is 0.469 bits per heavy atom. The molecule has 0 atom stereocenters. The molecular weight excluding hydrogens is 715 g/mol. The third-order valence-corrected chi connectivity index (χ3v) is 7.58. The predicted molar refractivity (Wildman–Crippen MR) is 136 cm³/mol.